The van der Waals surface area contributed by atoms with E-state index in [1.165, 1.54) is 29.7 Å². The van der Waals surface area contributed by atoms with Crippen LogP contribution in [-0.2, 0) is 16.9 Å². The molecule has 0 radical (unpaired) electrons. The molecule has 5 rings (SSSR count). The third-order valence-electron chi connectivity index (χ3n) is 6.80. The lowest BCUT2D eigenvalue weighted by molar-refractivity contribution is -0.0777. The van der Waals surface area contributed by atoms with Gasteiger partial charge in [0.1, 0.15) is 0 Å². The number of halogens is 1. The molecule has 2 heterocycles. The van der Waals surface area contributed by atoms with Crippen LogP contribution in [-0.4, -0.2) is 37.1 Å². The Labute approximate surface area is 166 Å². The van der Waals surface area contributed by atoms with Gasteiger partial charge in [-0.1, -0.05) is 48.0 Å². The number of ether oxygens (including phenoxy) is 1. The first-order valence-electron chi connectivity index (χ1n) is 10.2. The molecule has 1 saturated carbocycles. The third kappa shape index (κ3) is 3.16. The van der Waals surface area contributed by atoms with Crippen molar-refractivity contribution in [3.8, 4) is 0 Å². The maximum Gasteiger partial charge on any atom is 0.0940 e. The summed E-state index contributed by atoms with van der Waals surface area (Å²) in [6.07, 6.45) is 4.78. The molecule has 0 aromatic heterocycles. The number of hydrogen-bond acceptors (Lipinski definition) is 3. The van der Waals surface area contributed by atoms with Crippen molar-refractivity contribution < 1.29 is 4.74 Å². The van der Waals surface area contributed by atoms with Crippen LogP contribution >= 0.6 is 11.6 Å². The zero-order chi connectivity index (χ0) is 18.3. The van der Waals surface area contributed by atoms with Gasteiger partial charge in [0, 0.05) is 32.2 Å². The molecule has 2 fully saturated rings. The highest BCUT2D eigenvalue weighted by atomic mass is 35.5. The Kier molecular flexibility index (Phi) is 4.63. The Bertz CT molecular complexity index is 808. The molecule has 4 heteroatoms. The van der Waals surface area contributed by atoms with Gasteiger partial charge in [0.2, 0.25) is 0 Å². The second-order valence-electron chi connectivity index (χ2n) is 8.15. The lowest BCUT2D eigenvalue weighted by atomic mass is 9.77. The number of piperazine rings is 1. The molecule has 1 spiro atoms. The van der Waals surface area contributed by atoms with E-state index in [9.17, 15) is 0 Å². The standard InChI is InChI=1S/C23H27ClN2O/c24-21-7-3-4-8-22(21)26-15-13-25(14-16-26)19-9-11-23(12-10-19)20-6-2-1-5-18(20)17-27-23/h1-8,19H,9-17H2. The molecule has 3 aliphatic rings. The number of rotatable bonds is 2. The van der Waals surface area contributed by atoms with E-state index in [1.807, 2.05) is 12.1 Å². The number of anilines is 1. The Morgan fingerprint density at radius 1 is 0.889 bits per heavy atom. The normalized spacial score (nSPS) is 28.5. The van der Waals surface area contributed by atoms with Crippen LogP contribution < -0.4 is 4.90 Å². The average Bonchev–Trinajstić information content (AvgIpc) is 3.08. The van der Waals surface area contributed by atoms with Gasteiger partial charge in [0.25, 0.3) is 0 Å². The van der Waals surface area contributed by atoms with Gasteiger partial charge < -0.3 is 9.64 Å². The van der Waals surface area contributed by atoms with E-state index < -0.39 is 0 Å². The minimum absolute atomic E-state index is 0.00746. The molecular weight excluding hydrogens is 356 g/mol. The summed E-state index contributed by atoms with van der Waals surface area (Å²) in [6.45, 7) is 5.16. The van der Waals surface area contributed by atoms with Crippen molar-refractivity contribution in [2.24, 2.45) is 0 Å². The molecule has 2 aromatic carbocycles. The Morgan fingerprint density at radius 2 is 1.59 bits per heavy atom. The highest BCUT2D eigenvalue weighted by molar-refractivity contribution is 6.33. The Balaban J connectivity index is 1.20. The topological polar surface area (TPSA) is 15.7 Å². The number of hydrogen-bond donors (Lipinski definition) is 0. The first kappa shape index (κ1) is 17.5. The lowest BCUT2D eigenvalue weighted by Crippen LogP contribution is -2.52. The van der Waals surface area contributed by atoms with Crippen molar-refractivity contribution in [3.63, 3.8) is 0 Å². The van der Waals surface area contributed by atoms with Gasteiger partial charge >= 0.3 is 0 Å². The summed E-state index contributed by atoms with van der Waals surface area (Å²) in [5.74, 6) is 0. The first-order valence-corrected chi connectivity index (χ1v) is 10.6. The number of nitrogens with zero attached hydrogens (tertiary/aromatic N) is 2. The zero-order valence-electron chi connectivity index (χ0n) is 15.7. The monoisotopic (exact) mass is 382 g/mol. The summed E-state index contributed by atoms with van der Waals surface area (Å²) < 4.78 is 6.33. The molecule has 0 N–H and O–H groups in total. The van der Waals surface area contributed by atoms with Gasteiger partial charge in [-0.2, -0.15) is 0 Å². The lowest BCUT2D eigenvalue weighted by Gasteiger charge is -2.45. The fraction of sp³-hybridized carbons (Fsp3) is 0.478. The third-order valence-corrected chi connectivity index (χ3v) is 7.12. The number of fused-ring (bicyclic) bond motifs is 2. The number of benzene rings is 2. The molecule has 2 aliphatic heterocycles. The summed E-state index contributed by atoms with van der Waals surface area (Å²) >= 11 is 6.38. The summed E-state index contributed by atoms with van der Waals surface area (Å²) in [4.78, 5) is 5.13. The predicted molar refractivity (Wildman–Crippen MR) is 110 cm³/mol. The van der Waals surface area contributed by atoms with Crippen LogP contribution in [0.3, 0.4) is 0 Å². The zero-order valence-corrected chi connectivity index (χ0v) is 16.5. The van der Waals surface area contributed by atoms with E-state index in [0.29, 0.717) is 6.04 Å². The van der Waals surface area contributed by atoms with Crippen molar-refractivity contribution in [1.29, 1.82) is 0 Å². The molecule has 0 atom stereocenters. The van der Waals surface area contributed by atoms with E-state index >= 15 is 0 Å². The maximum atomic E-state index is 6.38. The van der Waals surface area contributed by atoms with Gasteiger partial charge in [-0.15, -0.1) is 0 Å². The van der Waals surface area contributed by atoms with E-state index in [0.717, 1.165) is 50.7 Å². The second-order valence-corrected chi connectivity index (χ2v) is 8.55. The van der Waals surface area contributed by atoms with Crippen LogP contribution in [0.2, 0.25) is 5.02 Å². The maximum absolute atomic E-state index is 6.38. The first-order chi connectivity index (χ1) is 13.3. The molecule has 3 nitrogen and oxygen atoms in total. The average molecular weight is 383 g/mol. The van der Waals surface area contributed by atoms with Gasteiger partial charge in [-0.25, -0.2) is 0 Å². The van der Waals surface area contributed by atoms with Crippen molar-refractivity contribution in [2.75, 3.05) is 31.1 Å². The molecular formula is C23H27ClN2O. The highest BCUT2D eigenvalue weighted by Crippen LogP contribution is 2.47. The summed E-state index contributed by atoms with van der Waals surface area (Å²) in [6, 6.07) is 17.7. The molecule has 1 saturated heterocycles. The van der Waals surface area contributed by atoms with Crippen molar-refractivity contribution >= 4 is 17.3 Å². The predicted octanol–water partition coefficient (Wildman–Crippen LogP) is 4.83. The fourth-order valence-corrected chi connectivity index (χ4v) is 5.52. The largest absolute Gasteiger partial charge is 0.368 e. The van der Waals surface area contributed by atoms with Crippen molar-refractivity contribution in [1.82, 2.24) is 4.90 Å². The summed E-state index contributed by atoms with van der Waals surface area (Å²) in [7, 11) is 0. The molecule has 27 heavy (non-hydrogen) atoms. The van der Waals surface area contributed by atoms with Crippen molar-refractivity contribution in [2.45, 2.75) is 43.9 Å². The van der Waals surface area contributed by atoms with Crippen LogP contribution in [0.4, 0.5) is 5.69 Å². The van der Waals surface area contributed by atoms with E-state index in [-0.39, 0.29) is 5.60 Å². The Morgan fingerprint density at radius 3 is 2.37 bits per heavy atom. The summed E-state index contributed by atoms with van der Waals surface area (Å²) in [5.41, 5.74) is 4.01. The molecule has 0 unspecified atom stereocenters. The van der Waals surface area contributed by atoms with Crippen LogP contribution in [0, 0.1) is 0 Å². The van der Waals surface area contributed by atoms with E-state index in [2.05, 4.69) is 46.2 Å². The van der Waals surface area contributed by atoms with Crippen LogP contribution in [0.25, 0.3) is 0 Å². The molecule has 142 valence electrons. The van der Waals surface area contributed by atoms with Gasteiger partial charge in [-0.05, 0) is 48.9 Å². The summed E-state index contributed by atoms with van der Waals surface area (Å²) in [5, 5.41) is 0.864. The van der Waals surface area contributed by atoms with Crippen molar-refractivity contribution in [3.05, 3.63) is 64.7 Å². The minimum Gasteiger partial charge on any atom is -0.368 e. The smallest absolute Gasteiger partial charge is 0.0940 e. The number of para-hydroxylation sites is 1. The Hall–Kier alpha value is -1.55. The quantitative estimate of drug-likeness (QED) is 0.739. The van der Waals surface area contributed by atoms with Crippen LogP contribution in [0.1, 0.15) is 36.8 Å². The molecule has 0 amide bonds. The molecule has 0 bridgehead atoms. The SMILES string of the molecule is Clc1ccccc1N1CCN(C2CCC3(CC2)OCc2ccccc23)CC1. The van der Waals surface area contributed by atoms with Crippen LogP contribution in [0.5, 0.6) is 0 Å². The van der Waals surface area contributed by atoms with Crippen LogP contribution in [0.15, 0.2) is 48.5 Å². The van der Waals surface area contributed by atoms with E-state index in [4.69, 9.17) is 16.3 Å². The van der Waals surface area contributed by atoms with Gasteiger partial charge in [0.15, 0.2) is 0 Å². The van der Waals surface area contributed by atoms with Gasteiger partial charge in [-0.3, -0.25) is 4.90 Å². The molecule has 1 aliphatic carbocycles. The van der Waals surface area contributed by atoms with E-state index in [1.54, 1.807) is 0 Å². The highest BCUT2D eigenvalue weighted by Gasteiger charge is 2.43. The van der Waals surface area contributed by atoms with Gasteiger partial charge in [0.05, 0.1) is 22.9 Å². The second kappa shape index (κ2) is 7.12. The minimum atomic E-state index is -0.00746. The molecule has 2 aromatic rings. The fourth-order valence-electron chi connectivity index (χ4n) is 5.27.